The second-order valence-corrected chi connectivity index (χ2v) is 7.22. The minimum Gasteiger partial charge on any atom is -0.389 e. The van der Waals surface area contributed by atoms with E-state index in [1.807, 2.05) is 18.7 Å². The van der Waals surface area contributed by atoms with Crippen LogP contribution in [0.3, 0.4) is 0 Å². The number of rotatable bonds is 3. The van der Waals surface area contributed by atoms with Gasteiger partial charge in [0, 0.05) is 52.7 Å². The maximum atomic E-state index is 12.6. The third-order valence-electron chi connectivity index (χ3n) is 4.51. The fourth-order valence-electron chi connectivity index (χ4n) is 3.40. The Kier molecular flexibility index (Phi) is 5.45. The molecule has 2 aliphatic heterocycles. The number of aliphatic hydroxyl groups is 1. The van der Waals surface area contributed by atoms with E-state index in [-0.39, 0.29) is 17.7 Å². The van der Waals surface area contributed by atoms with Gasteiger partial charge in [-0.3, -0.25) is 14.5 Å². The second-order valence-electron chi connectivity index (χ2n) is 7.22. The normalized spacial score (nSPS) is 24.5. The summed E-state index contributed by atoms with van der Waals surface area (Å²) in [5, 5.41) is 9.87. The van der Waals surface area contributed by atoms with Crippen molar-refractivity contribution < 1.29 is 14.7 Å². The molecule has 1 N–H and O–H groups in total. The first-order chi connectivity index (χ1) is 10.3. The Hall–Kier alpha value is -1.14. The van der Waals surface area contributed by atoms with Gasteiger partial charge in [-0.1, -0.05) is 0 Å². The summed E-state index contributed by atoms with van der Waals surface area (Å²) in [4.78, 5) is 30.0. The number of likely N-dealkylation sites (tertiary alicyclic amines) is 1. The molecule has 6 heteroatoms. The molecule has 0 aromatic rings. The first kappa shape index (κ1) is 17.2. The lowest BCUT2D eigenvalue weighted by Crippen LogP contribution is -2.54. The zero-order valence-electron chi connectivity index (χ0n) is 14.0. The van der Waals surface area contributed by atoms with Crippen LogP contribution in [-0.4, -0.2) is 83.0 Å². The molecular weight excluding hydrogens is 282 g/mol. The zero-order valence-corrected chi connectivity index (χ0v) is 14.0. The summed E-state index contributed by atoms with van der Waals surface area (Å²) in [5.41, 5.74) is -0.697. The number of carbonyl (C=O) groups excluding carboxylic acids is 2. The van der Waals surface area contributed by atoms with Crippen LogP contribution in [0, 0.1) is 5.92 Å². The number of hydrogen-bond acceptors (Lipinski definition) is 4. The van der Waals surface area contributed by atoms with Crippen molar-refractivity contribution in [1.29, 1.82) is 0 Å². The van der Waals surface area contributed by atoms with E-state index < -0.39 is 5.60 Å². The fraction of sp³-hybridized carbons (Fsp3) is 0.875. The van der Waals surface area contributed by atoms with E-state index in [4.69, 9.17) is 0 Å². The van der Waals surface area contributed by atoms with Gasteiger partial charge in [0.2, 0.25) is 11.8 Å². The van der Waals surface area contributed by atoms with Crippen LogP contribution in [0.4, 0.5) is 0 Å². The Bertz CT molecular complexity index is 411. The van der Waals surface area contributed by atoms with Gasteiger partial charge in [0.15, 0.2) is 0 Å². The molecule has 0 bridgehead atoms. The maximum absolute atomic E-state index is 12.6. The summed E-state index contributed by atoms with van der Waals surface area (Å²) in [6.07, 6.45) is 1.79. The van der Waals surface area contributed by atoms with Gasteiger partial charge in [0.05, 0.1) is 11.5 Å². The van der Waals surface area contributed by atoms with Crippen molar-refractivity contribution in [3.05, 3.63) is 0 Å². The lowest BCUT2D eigenvalue weighted by atomic mass is 9.96. The maximum Gasteiger partial charge on any atom is 0.227 e. The van der Waals surface area contributed by atoms with Crippen LogP contribution in [0.1, 0.15) is 33.6 Å². The Morgan fingerprint density at radius 2 is 1.73 bits per heavy atom. The molecule has 0 saturated carbocycles. The summed E-state index contributed by atoms with van der Waals surface area (Å²) >= 11 is 0. The van der Waals surface area contributed by atoms with Crippen molar-refractivity contribution >= 4 is 11.8 Å². The van der Waals surface area contributed by atoms with E-state index >= 15 is 0 Å². The standard InChI is InChI=1S/C16H29N3O3/c1-13(20)19-6-4-5-14(11-19)15(21)18-9-7-17(8-10-18)12-16(2,3)22/h14,22H,4-12H2,1-3H3/t14-/m1/s1. The highest BCUT2D eigenvalue weighted by Gasteiger charge is 2.32. The molecule has 0 aliphatic carbocycles. The van der Waals surface area contributed by atoms with Gasteiger partial charge in [-0.2, -0.15) is 0 Å². The number of piperidine rings is 1. The third-order valence-corrected chi connectivity index (χ3v) is 4.51. The highest BCUT2D eigenvalue weighted by Crippen LogP contribution is 2.20. The topological polar surface area (TPSA) is 64.1 Å². The van der Waals surface area contributed by atoms with E-state index in [1.54, 1.807) is 11.8 Å². The number of nitrogens with zero attached hydrogens (tertiary/aromatic N) is 3. The minimum absolute atomic E-state index is 0.0431. The largest absolute Gasteiger partial charge is 0.389 e. The molecular formula is C16H29N3O3. The highest BCUT2D eigenvalue weighted by molar-refractivity contribution is 5.81. The van der Waals surface area contributed by atoms with Gasteiger partial charge >= 0.3 is 0 Å². The number of β-amino-alcohol motifs (C(OH)–C–C–N with tert-alkyl or cyclic N) is 1. The molecule has 0 unspecified atom stereocenters. The van der Waals surface area contributed by atoms with Crippen molar-refractivity contribution in [3.63, 3.8) is 0 Å². The van der Waals surface area contributed by atoms with Gasteiger partial charge in [0.25, 0.3) is 0 Å². The highest BCUT2D eigenvalue weighted by atomic mass is 16.3. The molecule has 126 valence electrons. The number of carbonyl (C=O) groups is 2. The van der Waals surface area contributed by atoms with Crippen molar-refractivity contribution in [3.8, 4) is 0 Å². The van der Waals surface area contributed by atoms with Crippen LogP contribution in [0.15, 0.2) is 0 Å². The smallest absolute Gasteiger partial charge is 0.227 e. The molecule has 2 saturated heterocycles. The quantitative estimate of drug-likeness (QED) is 0.806. The molecule has 2 aliphatic rings. The number of piperazine rings is 1. The molecule has 6 nitrogen and oxygen atoms in total. The molecule has 1 atom stereocenters. The predicted molar refractivity (Wildman–Crippen MR) is 84.3 cm³/mol. The van der Waals surface area contributed by atoms with E-state index in [2.05, 4.69) is 4.90 Å². The van der Waals surface area contributed by atoms with Gasteiger partial charge in [0.1, 0.15) is 0 Å². The van der Waals surface area contributed by atoms with Crippen LogP contribution in [0.2, 0.25) is 0 Å². The van der Waals surface area contributed by atoms with Crippen molar-refractivity contribution in [2.75, 3.05) is 45.8 Å². The van der Waals surface area contributed by atoms with Gasteiger partial charge in [-0.25, -0.2) is 0 Å². The molecule has 0 spiro atoms. The molecule has 0 radical (unpaired) electrons. The number of amides is 2. The molecule has 0 aromatic heterocycles. The average Bonchev–Trinajstić information content (AvgIpc) is 2.46. The van der Waals surface area contributed by atoms with Crippen LogP contribution in [0.25, 0.3) is 0 Å². The second kappa shape index (κ2) is 6.96. The lowest BCUT2D eigenvalue weighted by Gasteiger charge is -2.40. The van der Waals surface area contributed by atoms with Gasteiger partial charge < -0.3 is 14.9 Å². The van der Waals surface area contributed by atoms with E-state index in [9.17, 15) is 14.7 Å². The molecule has 2 heterocycles. The molecule has 22 heavy (non-hydrogen) atoms. The van der Waals surface area contributed by atoms with Crippen LogP contribution < -0.4 is 0 Å². The summed E-state index contributed by atoms with van der Waals surface area (Å²) in [6.45, 7) is 10.2. The molecule has 2 amide bonds. The Labute approximate surface area is 133 Å². The minimum atomic E-state index is -0.697. The fourth-order valence-corrected chi connectivity index (χ4v) is 3.40. The van der Waals surface area contributed by atoms with E-state index in [0.717, 1.165) is 32.5 Å². The summed E-state index contributed by atoms with van der Waals surface area (Å²) < 4.78 is 0. The summed E-state index contributed by atoms with van der Waals surface area (Å²) in [6, 6.07) is 0. The Morgan fingerprint density at radius 3 is 2.27 bits per heavy atom. The molecule has 0 aromatic carbocycles. The van der Waals surface area contributed by atoms with Gasteiger partial charge in [-0.15, -0.1) is 0 Å². The van der Waals surface area contributed by atoms with Crippen LogP contribution in [-0.2, 0) is 9.59 Å². The first-order valence-electron chi connectivity index (χ1n) is 8.25. The summed E-state index contributed by atoms with van der Waals surface area (Å²) in [7, 11) is 0. The van der Waals surface area contributed by atoms with Crippen LogP contribution >= 0.6 is 0 Å². The number of hydrogen-bond donors (Lipinski definition) is 1. The first-order valence-corrected chi connectivity index (χ1v) is 8.25. The van der Waals surface area contributed by atoms with Crippen LogP contribution in [0.5, 0.6) is 0 Å². The van der Waals surface area contributed by atoms with E-state index in [0.29, 0.717) is 26.2 Å². The molecule has 2 rings (SSSR count). The monoisotopic (exact) mass is 311 g/mol. The Morgan fingerprint density at radius 1 is 1.09 bits per heavy atom. The third kappa shape index (κ3) is 4.68. The van der Waals surface area contributed by atoms with Crippen molar-refractivity contribution in [2.45, 2.75) is 39.2 Å². The zero-order chi connectivity index (χ0) is 16.3. The lowest BCUT2D eigenvalue weighted by molar-refractivity contribution is -0.141. The van der Waals surface area contributed by atoms with Gasteiger partial charge in [-0.05, 0) is 26.7 Å². The SMILES string of the molecule is CC(=O)N1CCC[C@@H](C(=O)N2CCN(CC(C)(C)O)CC2)C1. The average molecular weight is 311 g/mol. The Balaban J connectivity index is 1.83. The van der Waals surface area contributed by atoms with Crippen molar-refractivity contribution in [1.82, 2.24) is 14.7 Å². The summed E-state index contributed by atoms with van der Waals surface area (Å²) in [5.74, 6) is 0.208. The van der Waals surface area contributed by atoms with E-state index in [1.165, 1.54) is 0 Å². The molecule has 2 fully saturated rings. The van der Waals surface area contributed by atoms with Crippen molar-refractivity contribution in [2.24, 2.45) is 5.92 Å². The predicted octanol–water partition coefficient (Wildman–Crippen LogP) is 0.160.